The number of rotatable bonds is 29. The van der Waals surface area contributed by atoms with E-state index in [0.717, 1.165) is 51.9 Å². The van der Waals surface area contributed by atoms with Gasteiger partial charge in [0.15, 0.2) is 12.1 Å². The zero-order valence-electron chi connectivity index (χ0n) is 48.1. The van der Waals surface area contributed by atoms with Crippen LogP contribution in [0, 0.1) is 0 Å². The van der Waals surface area contributed by atoms with Crippen LogP contribution in [0.25, 0.3) is 0 Å². The van der Waals surface area contributed by atoms with E-state index >= 15 is 0 Å². The summed E-state index contributed by atoms with van der Waals surface area (Å²) in [6.45, 7) is 2.89. The molecular weight excluding hydrogens is 1130 g/mol. The van der Waals surface area contributed by atoms with Crippen molar-refractivity contribution in [3.8, 4) is 0 Å². The van der Waals surface area contributed by atoms with Crippen molar-refractivity contribution < 1.29 is 92.9 Å². The Kier molecular flexibility index (Phi) is 37.5. The number of carboxylic acid groups (broad SMARTS) is 2. The fraction of sp³-hybridized carbons (Fsp3) is 0.769. The number of carbonyl (C=O) groups is 12. The number of carbonyl (C=O) groups excluding carboxylic acids is 10. The summed E-state index contributed by atoms with van der Waals surface area (Å²) in [5.74, 6) is -17.4. The van der Waals surface area contributed by atoms with Crippen molar-refractivity contribution in [3.63, 3.8) is 0 Å². The van der Waals surface area contributed by atoms with Crippen LogP contribution in [0.5, 0.6) is 0 Å². The number of amides is 9. The Balaban J connectivity index is 3.91. The largest absolute Gasteiger partial charge is 0.480 e. The van der Waals surface area contributed by atoms with Crippen molar-refractivity contribution in [2.24, 2.45) is 17.2 Å². The molecule has 32 heteroatoms. The van der Waals surface area contributed by atoms with Gasteiger partial charge in [0.2, 0.25) is 53.2 Å². The van der Waals surface area contributed by atoms with E-state index < -0.39 is 182 Å². The number of alkyl halides is 1. The molecule has 480 valence electrons. The molecule has 1 aliphatic heterocycles. The van der Waals surface area contributed by atoms with Crippen molar-refractivity contribution in [3.05, 3.63) is 0 Å². The Morgan fingerprint density at radius 1 is 0.583 bits per heavy atom. The first kappa shape index (κ1) is 75.7. The topological polar surface area (TPSA) is 522 Å². The summed E-state index contributed by atoms with van der Waals surface area (Å²) < 4.78 is 5.28. The number of aliphatic hydroxyl groups is 4. The second-order valence-electron chi connectivity index (χ2n) is 20.5. The molecule has 0 radical (unpaired) electrons. The summed E-state index contributed by atoms with van der Waals surface area (Å²) in [6.07, 6.45) is 0.0282. The van der Waals surface area contributed by atoms with Crippen LogP contribution in [0.15, 0.2) is 0 Å². The molecular formula is C52H91ClN12O19. The van der Waals surface area contributed by atoms with Crippen LogP contribution in [0.2, 0.25) is 0 Å². The van der Waals surface area contributed by atoms with Crippen LogP contribution in [0.3, 0.4) is 0 Å². The van der Waals surface area contributed by atoms with E-state index in [-0.39, 0.29) is 51.7 Å². The summed E-state index contributed by atoms with van der Waals surface area (Å²) in [4.78, 5) is 162. The smallest absolute Gasteiger partial charge is 0.335 e. The van der Waals surface area contributed by atoms with Gasteiger partial charge in [0, 0.05) is 0 Å². The van der Waals surface area contributed by atoms with Gasteiger partial charge in [-0.2, -0.15) is 0 Å². The van der Waals surface area contributed by atoms with Gasteiger partial charge in [-0.25, -0.2) is 14.4 Å². The molecule has 0 saturated carbocycles. The number of nitrogens with two attached hydrogens (primary N) is 3. The fourth-order valence-corrected chi connectivity index (χ4v) is 8.74. The molecule has 0 aromatic rings. The van der Waals surface area contributed by atoms with E-state index in [0.29, 0.717) is 12.8 Å². The molecule has 21 N–H and O–H groups in total. The van der Waals surface area contributed by atoms with Crippen LogP contribution in [0.1, 0.15) is 143 Å². The lowest BCUT2D eigenvalue weighted by molar-refractivity contribution is -0.155. The maximum Gasteiger partial charge on any atom is 0.335 e. The van der Waals surface area contributed by atoms with Crippen LogP contribution in [0.4, 0.5) is 0 Å². The van der Waals surface area contributed by atoms with Gasteiger partial charge in [0.05, 0.1) is 37.0 Å². The highest BCUT2D eigenvalue weighted by molar-refractivity contribution is 6.18. The lowest BCUT2D eigenvalue weighted by Gasteiger charge is -2.29. The third-order valence-corrected chi connectivity index (χ3v) is 13.8. The predicted molar refractivity (Wildman–Crippen MR) is 300 cm³/mol. The third-order valence-electron chi connectivity index (χ3n) is 13.5. The Morgan fingerprint density at radius 3 is 1.60 bits per heavy atom. The molecule has 13 atom stereocenters. The van der Waals surface area contributed by atoms with Gasteiger partial charge in [-0.05, 0) is 71.5 Å². The number of carboxylic acids is 2. The van der Waals surface area contributed by atoms with E-state index in [1.54, 1.807) is 0 Å². The van der Waals surface area contributed by atoms with E-state index in [2.05, 4.69) is 44.1 Å². The van der Waals surface area contributed by atoms with E-state index in [9.17, 15) is 88.2 Å². The molecule has 1 heterocycles. The molecule has 9 amide bonds. The molecule has 1 fully saturated rings. The molecule has 84 heavy (non-hydrogen) atoms. The second-order valence-corrected chi connectivity index (χ2v) is 20.8. The molecule has 0 aliphatic carbocycles. The number of aliphatic carboxylic acids is 2. The SMILES string of the molecule is CCCCCCCCCCCCC(O)CC(=O)N[C@H]1COC(=O)[C@H]([C@H](O)CCl)NC(=O)[C@H]([C@H](O)C(=O)O)NC(=O)[C@H](CC)NC(=O)[C@H]([C@H](C)O)NC(=O)[C@H](CCN)NC(=O)[C@H](CCCCN)NC(=O)C[C@@H](C(=O)O)NC(=O)[C@@H](CCN)NC1=O. The Morgan fingerprint density at radius 2 is 1.07 bits per heavy atom. The molecule has 0 aromatic heterocycles. The molecule has 0 spiro atoms. The zero-order valence-corrected chi connectivity index (χ0v) is 48.8. The number of esters is 1. The van der Waals surface area contributed by atoms with Gasteiger partial charge in [0.1, 0.15) is 54.9 Å². The standard InChI is InChI=1S/C52H91ClN12O19/c1-4-6-7-8-9-10-11-12-13-14-17-29(67)24-37(69)58-35-27-84-52(83)40(36(68)26-53)64-49(78)41(42(71)51(81)82)65-43(72)30(5-2)59-48(77)39(28(3)66)63-46(75)33(20-23-56)60-44(73)31(18-15-16-21-54)57-38(70)25-34(50(79)80)62-45(74)32(19-22-55)61-47(35)76/h28-36,39-42,66-68,71H,4-27,54-56H2,1-3H3,(H,57,70)(H,58,69)(H,59,77)(H,60,73)(H,61,76)(H,62,74)(H,63,75)(H,64,78)(H,65,72)(H,79,80)(H,81,82)/t28-,29?,30-,31-,32+,33-,34-,35-,36+,39-,40-,41-,42-/m0/s1. The Bertz CT molecular complexity index is 2150. The minimum absolute atomic E-state index is 0.134. The van der Waals surface area contributed by atoms with E-state index in [1.165, 1.54) is 19.8 Å². The number of cyclic esters (lactones) is 1. The summed E-state index contributed by atoms with van der Waals surface area (Å²) >= 11 is 5.86. The summed E-state index contributed by atoms with van der Waals surface area (Å²) in [7, 11) is 0. The van der Waals surface area contributed by atoms with Gasteiger partial charge in [-0.15, -0.1) is 11.6 Å². The van der Waals surface area contributed by atoms with Gasteiger partial charge in [-0.3, -0.25) is 43.2 Å². The lowest BCUT2D eigenvalue weighted by Crippen LogP contribution is -2.64. The van der Waals surface area contributed by atoms with Crippen molar-refractivity contribution in [1.82, 2.24) is 47.9 Å². The van der Waals surface area contributed by atoms with Crippen LogP contribution < -0.4 is 65.1 Å². The van der Waals surface area contributed by atoms with Crippen molar-refractivity contribution in [1.29, 1.82) is 0 Å². The van der Waals surface area contributed by atoms with Gasteiger partial charge < -0.3 is 100 Å². The number of ether oxygens (including phenoxy) is 1. The van der Waals surface area contributed by atoms with Crippen molar-refractivity contribution in [2.45, 2.75) is 222 Å². The highest BCUT2D eigenvalue weighted by Crippen LogP contribution is 2.14. The number of hydrogen-bond donors (Lipinski definition) is 18. The first-order valence-electron chi connectivity index (χ1n) is 28.5. The minimum Gasteiger partial charge on any atom is -0.480 e. The van der Waals surface area contributed by atoms with Crippen LogP contribution in [-0.2, 0) is 62.3 Å². The van der Waals surface area contributed by atoms with Gasteiger partial charge in [0.25, 0.3) is 0 Å². The minimum atomic E-state index is -2.81. The molecule has 1 aliphatic rings. The first-order chi connectivity index (χ1) is 39.8. The quantitative estimate of drug-likeness (QED) is 0.0190. The molecule has 31 nitrogen and oxygen atoms in total. The van der Waals surface area contributed by atoms with Crippen LogP contribution >= 0.6 is 11.6 Å². The van der Waals surface area contributed by atoms with Gasteiger partial charge >= 0.3 is 17.9 Å². The Hall–Kier alpha value is -6.35. The maximum absolute atomic E-state index is 14.1. The highest BCUT2D eigenvalue weighted by atomic mass is 35.5. The number of unbranched alkanes of at least 4 members (excludes halogenated alkanes) is 10. The Labute approximate surface area is 492 Å². The van der Waals surface area contributed by atoms with Gasteiger partial charge in [-0.1, -0.05) is 78.1 Å². The molecule has 1 saturated heterocycles. The average Bonchev–Trinajstić information content (AvgIpc) is 3.61. The second kappa shape index (κ2) is 41.6. The number of nitrogens with one attached hydrogen (secondary N) is 9. The molecule has 1 unspecified atom stereocenters. The first-order valence-corrected chi connectivity index (χ1v) is 29.1. The number of halogens is 1. The zero-order chi connectivity index (χ0) is 63.5. The molecule has 0 aromatic carbocycles. The summed E-state index contributed by atoms with van der Waals surface area (Å²) in [5.41, 5.74) is 17.2. The highest BCUT2D eigenvalue weighted by Gasteiger charge is 2.41. The average molecular weight is 1220 g/mol. The summed E-state index contributed by atoms with van der Waals surface area (Å²) in [6, 6.07) is -17.4. The number of aliphatic hydroxyl groups excluding tert-OH is 4. The third kappa shape index (κ3) is 28.5. The monoisotopic (exact) mass is 1220 g/mol. The van der Waals surface area contributed by atoms with Crippen molar-refractivity contribution in [2.75, 3.05) is 32.1 Å². The van der Waals surface area contributed by atoms with Crippen molar-refractivity contribution >= 4 is 82.7 Å². The number of hydrogen-bond acceptors (Lipinski definition) is 20. The normalized spacial score (nSPS) is 24.9. The predicted octanol–water partition coefficient (Wildman–Crippen LogP) is -4.89. The molecule has 1 rings (SSSR count). The summed E-state index contributed by atoms with van der Waals surface area (Å²) in [5, 5.41) is 82.7. The van der Waals surface area contributed by atoms with E-state index in [4.69, 9.17) is 33.5 Å². The van der Waals surface area contributed by atoms with Crippen LogP contribution in [-0.4, -0.2) is 213 Å². The molecule has 0 bridgehead atoms. The fourth-order valence-electron chi connectivity index (χ4n) is 8.57. The maximum atomic E-state index is 14.1. The van der Waals surface area contributed by atoms with E-state index in [1.807, 2.05) is 10.6 Å². The lowest BCUT2D eigenvalue weighted by atomic mass is 10.0.